The fourth-order valence-corrected chi connectivity index (χ4v) is 3.38. The Labute approximate surface area is 146 Å². The van der Waals surface area contributed by atoms with Crippen LogP contribution in [0.2, 0.25) is 0 Å². The third kappa shape index (κ3) is 16.3. The van der Waals surface area contributed by atoms with E-state index in [0.29, 0.717) is 11.2 Å². The van der Waals surface area contributed by atoms with E-state index < -0.39 is 0 Å². The van der Waals surface area contributed by atoms with Gasteiger partial charge in [-0.25, -0.2) is 0 Å². The smallest absolute Gasteiger partial charge is 0.305 e. The van der Waals surface area contributed by atoms with Crippen molar-refractivity contribution in [3.05, 3.63) is 0 Å². The summed E-state index contributed by atoms with van der Waals surface area (Å²) in [5, 5.41) is 0. The van der Waals surface area contributed by atoms with Gasteiger partial charge < -0.3 is 4.74 Å². The normalized spacial score (nSPS) is 12.3. The zero-order chi connectivity index (χ0) is 16.5. The van der Waals surface area contributed by atoms with Gasteiger partial charge in [-0.1, -0.05) is 93.5 Å². The van der Waals surface area contributed by atoms with E-state index in [9.17, 15) is 4.79 Å². The molecule has 0 aliphatic heterocycles. The van der Waals surface area contributed by atoms with E-state index in [1.54, 1.807) is 0 Å². The molecule has 0 aliphatic carbocycles. The maximum absolute atomic E-state index is 11.0. The maximum Gasteiger partial charge on any atom is 0.305 e. The number of rotatable bonds is 16. The maximum atomic E-state index is 11.0. The van der Waals surface area contributed by atoms with Crippen LogP contribution < -0.4 is 0 Å². The molecule has 0 amide bonds. The van der Waals surface area contributed by atoms with Crippen molar-refractivity contribution in [2.24, 2.45) is 0 Å². The first kappa shape index (κ1) is 21.9. The van der Waals surface area contributed by atoms with Crippen molar-refractivity contribution >= 4 is 21.9 Å². The van der Waals surface area contributed by atoms with Gasteiger partial charge >= 0.3 is 5.97 Å². The van der Waals surface area contributed by atoms with Gasteiger partial charge in [0.15, 0.2) is 0 Å². The fourth-order valence-electron chi connectivity index (χ4n) is 2.73. The molecule has 2 nitrogen and oxygen atoms in total. The number of esters is 1. The van der Waals surface area contributed by atoms with Crippen LogP contribution in [0.15, 0.2) is 0 Å². The lowest BCUT2D eigenvalue weighted by Crippen LogP contribution is -2.01. The Morgan fingerprint density at radius 3 is 1.77 bits per heavy atom. The van der Waals surface area contributed by atoms with E-state index >= 15 is 0 Å². The van der Waals surface area contributed by atoms with E-state index in [4.69, 9.17) is 0 Å². The van der Waals surface area contributed by atoms with E-state index in [1.165, 1.54) is 84.2 Å². The number of methoxy groups -OCH3 is 1. The molecule has 0 fully saturated rings. The highest BCUT2D eigenvalue weighted by Gasteiger charge is 2.05. The molecule has 0 saturated heterocycles. The lowest BCUT2D eigenvalue weighted by atomic mass is 10.0. The molecule has 3 heteroatoms. The van der Waals surface area contributed by atoms with Crippen molar-refractivity contribution in [1.82, 2.24) is 0 Å². The molecular weight excluding hydrogens is 340 g/mol. The van der Waals surface area contributed by atoms with E-state index in [1.807, 2.05) is 0 Å². The lowest BCUT2D eigenvalue weighted by Gasteiger charge is -2.09. The summed E-state index contributed by atoms with van der Waals surface area (Å²) >= 11 is 3.79. The van der Waals surface area contributed by atoms with Crippen molar-refractivity contribution < 1.29 is 9.53 Å². The second kappa shape index (κ2) is 17.3. The van der Waals surface area contributed by atoms with Crippen LogP contribution in [0.25, 0.3) is 0 Å². The highest BCUT2D eigenvalue weighted by Crippen LogP contribution is 2.19. The highest BCUT2D eigenvalue weighted by atomic mass is 79.9. The standard InChI is InChI=1S/C19H37BrO2/c1-3-4-5-6-7-8-9-10-12-15-18(20)16-13-11-14-17-19(21)22-2/h18H,3-17H2,1-2H3. The molecule has 0 aromatic heterocycles. The van der Waals surface area contributed by atoms with Gasteiger partial charge in [-0.2, -0.15) is 0 Å². The van der Waals surface area contributed by atoms with Crippen molar-refractivity contribution in [2.75, 3.05) is 7.11 Å². The Balaban J connectivity index is 3.19. The molecule has 0 saturated carbocycles. The molecular formula is C19H37BrO2. The predicted molar refractivity (Wildman–Crippen MR) is 99.7 cm³/mol. The molecule has 0 aromatic rings. The monoisotopic (exact) mass is 376 g/mol. The average Bonchev–Trinajstić information content (AvgIpc) is 2.52. The minimum atomic E-state index is -0.0786. The SMILES string of the molecule is CCCCCCCCCCCC(Br)CCCCCC(=O)OC. The summed E-state index contributed by atoms with van der Waals surface area (Å²) in [7, 11) is 1.46. The van der Waals surface area contributed by atoms with Gasteiger partial charge in [-0.3, -0.25) is 4.79 Å². The lowest BCUT2D eigenvalue weighted by molar-refractivity contribution is -0.140. The highest BCUT2D eigenvalue weighted by molar-refractivity contribution is 9.09. The Kier molecular flexibility index (Phi) is 17.3. The van der Waals surface area contributed by atoms with Crippen molar-refractivity contribution in [2.45, 2.75) is 108 Å². The first-order valence-corrected chi connectivity index (χ1v) is 10.3. The molecule has 132 valence electrons. The number of halogens is 1. The van der Waals surface area contributed by atoms with Crippen molar-refractivity contribution in [3.8, 4) is 0 Å². The third-order valence-electron chi connectivity index (χ3n) is 4.25. The van der Waals surface area contributed by atoms with Crippen LogP contribution >= 0.6 is 15.9 Å². The second-order valence-corrected chi connectivity index (χ2v) is 7.68. The molecule has 1 unspecified atom stereocenters. The topological polar surface area (TPSA) is 26.3 Å². The van der Waals surface area contributed by atoms with Crippen LogP contribution in [0.1, 0.15) is 103 Å². The molecule has 22 heavy (non-hydrogen) atoms. The quantitative estimate of drug-likeness (QED) is 0.168. The number of unbranched alkanes of at least 4 members (excludes halogenated alkanes) is 10. The van der Waals surface area contributed by atoms with Crippen LogP contribution in [0.5, 0.6) is 0 Å². The van der Waals surface area contributed by atoms with Gasteiger partial charge in [-0.05, 0) is 19.3 Å². The summed E-state index contributed by atoms with van der Waals surface area (Å²) in [6.45, 7) is 2.27. The number of carbonyl (C=O) groups excluding carboxylic acids is 1. The zero-order valence-corrected chi connectivity index (χ0v) is 16.5. The zero-order valence-electron chi connectivity index (χ0n) is 14.9. The minimum Gasteiger partial charge on any atom is -0.469 e. The molecule has 0 N–H and O–H groups in total. The summed E-state index contributed by atoms with van der Waals surface area (Å²) in [5.74, 6) is -0.0786. The van der Waals surface area contributed by atoms with Crippen LogP contribution in [-0.2, 0) is 9.53 Å². The largest absolute Gasteiger partial charge is 0.469 e. The van der Waals surface area contributed by atoms with Crippen LogP contribution in [0, 0.1) is 0 Å². The van der Waals surface area contributed by atoms with Crippen LogP contribution in [-0.4, -0.2) is 17.9 Å². The number of hydrogen-bond acceptors (Lipinski definition) is 2. The second-order valence-electron chi connectivity index (χ2n) is 6.39. The number of carbonyl (C=O) groups is 1. The molecule has 0 heterocycles. The third-order valence-corrected chi connectivity index (χ3v) is 5.16. The number of alkyl halides is 1. The molecule has 0 aliphatic rings. The number of ether oxygens (including phenoxy) is 1. The predicted octanol–water partition coefficient (Wildman–Crippen LogP) is 6.79. The summed E-state index contributed by atoms with van der Waals surface area (Å²) in [5.41, 5.74) is 0. The van der Waals surface area contributed by atoms with Gasteiger partial charge in [-0.15, -0.1) is 0 Å². The molecule has 0 rings (SSSR count). The average molecular weight is 377 g/mol. The van der Waals surface area contributed by atoms with Crippen LogP contribution in [0.4, 0.5) is 0 Å². The summed E-state index contributed by atoms with van der Waals surface area (Å²) in [6, 6.07) is 0. The Hall–Kier alpha value is -0.0500. The van der Waals surface area contributed by atoms with Crippen molar-refractivity contribution in [1.29, 1.82) is 0 Å². The van der Waals surface area contributed by atoms with E-state index in [2.05, 4.69) is 27.6 Å². The Morgan fingerprint density at radius 1 is 0.818 bits per heavy atom. The fraction of sp³-hybridized carbons (Fsp3) is 0.947. The molecule has 0 spiro atoms. The molecule has 0 aromatic carbocycles. The van der Waals surface area contributed by atoms with Gasteiger partial charge in [0.1, 0.15) is 0 Å². The minimum absolute atomic E-state index is 0.0786. The van der Waals surface area contributed by atoms with Gasteiger partial charge in [0.25, 0.3) is 0 Å². The van der Waals surface area contributed by atoms with E-state index in [-0.39, 0.29) is 5.97 Å². The molecule has 0 radical (unpaired) electrons. The van der Waals surface area contributed by atoms with Gasteiger partial charge in [0, 0.05) is 11.2 Å². The van der Waals surface area contributed by atoms with Crippen molar-refractivity contribution in [3.63, 3.8) is 0 Å². The first-order valence-electron chi connectivity index (χ1n) is 9.41. The summed E-state index contributed by atoms with van der Waals surface area (Å²) in [6.07, 6.45) is 19.0. The Morgan fingerprint density at radius 2 is 1.27 bits per heavy atom. The molecule has 0 bridgehead atoms. The van der Waals surface area contributed by atoms with Crippen LogP contribution in [0.3, 0.4) is 0 Å². The Bertz CT molecular complexity index is 244. The summed E-state index contributed by atoms with van der Waals surface area (Å²) in [4.78, 5) is 11.6. The number of hydrogen-bond donors (Lipinski definition) is 0. The van der Waals surface area contributed by atoms with Gasteiger partial charge in [0.05, 0.1) is 7.11 Å². The van der Waals surface area contributed by atoms with E-state index in [0.717, 1.165) is 12.8 Å². The van der Waals surface area contributed by atoms with Gasteiger partial charge in [0.2, 0.25) is 0 Å². The first-order chi connectivity index (χ1) is 10.7. The molecule has 1 atom stereocenters. The summed E-state index contributed by atoms with van der Waals surface area (Å²) < 4.78 is 4.64.